The molecule has 3 atom stereocenters. The molecule has 1 N–H and O–H groups in total. The summed E-state index contributed by atoms with van der Waals surface area (Å²) in [6.45, 7) is 10.2. The van der Waals surface area contributed by atoms with Crippen LogP contribution in [0.25, 0.3) is 0 Å². The van der Waals surface area contributed by atoms with Gasteiger partial charge in [0.15, 0.2) is 0 Å². The third kappa shape index (κ3) is 4.87. The summed E-state index contributed by atoms with van der Waals surface area (Å²) >= 11 is 0. The molecule has 0 saturated carbocycles. The molecule has 1 aliphatic heterocycles. The van der Waals surface area contributed by atoms with E-state index in [9.17, 15) is 14.7 Å². The Morgan fingerprint density at radius 2 is 1.87 bits per heavy atom. The van der Waals surface area contributed by atoms with E-state index < -0.39 is 23.5 Å². The van der Waals surface area contributed by atoms with Gasteiger partial charge in [0.25, 0.3) is 5.91 Å². The van der Waals surface area contributed by atoms with Crippen molar-refractivity contribution in [1.29, 1.82) is 0 Å². The highest BCUT2D eigenvalue weighted by Gasteiger charge is 2.61. The fraction of sp³-hybridized carbons (Fsp3) is 0.433. The molecule has 1 aromatic carbocycles. The maximum atomic E-state index is 14.5. The highest BCUT2D eigenvalue weighted by Crippen LogP contribution is 2.54. The molecule has 1 saturated heterocycles. The SMILES string of the molecule is COc1cc(C(=O)N2[C@@H](c3cccnc3)CC(c3cnccn3)[C@@]2(CC(C)C)C(=O)O)ccc1C(C)(C)C. The van der Waals surface area contributed by atoms with Gasteiger partial charge >= 0.3 is 5.97 Å². The van der Waals surface area contributed by atoms with Crippen molar-refractivity contribution in [2.75, 3.05) is 7.11 Å². The van der Waals surface area contributed by atoms with Crippen molar-refractivity contribution in [1.82, 2.24) is 19.9 Å². The Balaban J connectivity index is 1.95. The molecule has 200 valence electrons. The number of carboxylic acid groups (broad SMARTS) is 1. The second-order valence-corrected chi connectivity index (χ2v) is 11.4. The number of aliphatic carboxylic acids is 1. The third-order valence-corrected chi connectivity index (χ3v) is 7.35. The molecule has 1 fully saturated rings. The van der Waals surface area contributed by atoms with Crippen LogP contribution in [0.4, 0.5) is 0 Å². The quantitative estimate of drug-likeness (QED) is 0.447. The lowest BCUT2D eigenvalue weighted by atomic mass is 9.76. The minimum Gasteiger partial charge on any atom is -0.496 e. The number of nitrogens with zero attached hydrogens (tertiary/aromatic N) is 4. The minimum absolute atomic E-state index is 0.00831. The van der Waals surface area contributed by atoms with Gasteiger partial charge < -0.3 is 14.7 Å². The second kappa shape index (κ2) is 10.5. The first-order valence-corrected chi connectivity index (χ1v) is 12.9. The molecule has 0 radical (unpaired) electrons. The molecule has 1 unspecified atom stereocenters. The first-order valence-electron chi connectivity index (χ1n) is 12.9. The van der Waals surface area contributed by atoms with Gasteiger partial charge in [-0.1, -0.05) is 46.8 Å². The normalized spacial score (nSPS) is 21.5. The number of hydrogen-bond donors (Lipinski definition) is 1. The number of hydrogen-bond acceptors (Lipinski definition) is 6. The van der Waals surface area contributed by atoms with Crippen LogP contribution in [0.15, 0.2) is 61.3 Å². The Labute approximate surface area is 224 Å². The van der Waals surface area contributed by atoms with Crippen molar-refractivity contribution in [3.05, 3.63) is 83.7 Å². The molecule has 0 bridgehead atoms. The largest absolute Gasteiger partial charge is 0.496 e. The van der Waals surface area contributed by atoms with Gasteiger partial charge in [-0.15, -0.1) is 0 Å². The van der Waals surface area contributed by atoms with Gasteiger partial charge in [0, 0.05) is 42.5 Å². The Morgan fingerprint density at radius 1 is 1.13 bits per heavy atom. The first-order chi connectivity index (χ1) is 18.0. The standard InChI is InChI=1S/C30H36N4O4/c1-19(2)16-30(28(36)37)23(24-18-32-12-13-33-24)15-25(21-8-7-11-31-17-21)34(30)27(35)20-9-10-22(29(3,4)5)26(14-20)38-6/h7-14,17-19,23,25H,15-16H2,1-6H3,(H,36,37)/t23?,25-,30+/m1/s1. The number of carboxylic acids is 1. The Bertz CT molecular complexity index is 1290. The molecule has 3 heterocycles. The van der Waals surface area contributed by atoms with Crippen LogP contribution in [-0.4, -0.2) is 49.5 Å². The molecule has 1 amide bonds. The monoisotopic (exact) mass is 516 g/mol. The van der Waals surface area contributed by atoms with Gasteiger partial charge in [0.05, 0.1) is 18.8 Å². The van der Waals surface area contributed by atoms with E-state index in [4.69, 9.17) is 4.74 Å². The van der Waals surface area contributed by atoms with Crippen molar-refractivity contribution in [3.63, 3.8) is 0 Å². The minimum atomic E-state index is -1.54. The van der Waals surface area contributed by atoms with Crippen LogP contribution < -0.4 is 4.74 Å². The lowest BCUT2D eigenvalue weighted by Gasteiger charge is -2.41. The molecular formula is C30H36N4O4. The molecule has 8 heteroatoms. The number of amides is 1. The topological polar surface area (TPSA) is 106 Å². The molecule has 8 nitrogen and oxygen atoms in total. The molecule has 0 spiro atoms. The van der Waals surface area contributed by atoms with Gasteiger partial charge in [-0.3, -0.25) is 19.7 Å². The van der Waals surface area contributed by atoms with E-state index in [0.29, 0.717) is 23.4 Å². The van der Waals surface area contributed by atoms with Crippen LogP contribution in [0.2, 0.25) is 0 Å². The molecule has 4 rings (SSSR count). The van der Waals surface area contributed by atoms with Gasteiger partial charge in [-0.05, 0) is 53.5 Å². The predicted molar refractivity (Wildman–Crippen MR) is 144 cm³/mol. The van der Waals surface area contributed by atoms with E-state index >= 15 is 0 Å². The van der Waals surface area contributed by atoms with Crippen molar-refractivity contribution < 1.29 is 19.4 Å². The summed E-state index contributed by atoms with van der Waals surface area (Å²) < 4.78 is 5.68. The highest BCUT2D eigenvalue weighted by molar-refractivity contribution is 5.99. The van der Waals surface area contributed by atoms with Crippen molar-refractivity contribution in [2.24, 2.45) is 5.92 Å². The fourth-order valence-corrected chi connectivity index (χ4v) is 5.79. The summed E-state index contributed by atoms with van der Waals surface area (Å²) in [4.78, 5) is 42.5. The summed E-state index contributed by atoms with van der Waals surface area (Å²) in [7, 11) is 1.58. The Hall–Kier alpha value is -3.81. The van der Waals surface area contributed by atoms with E-state index in [1.54, 1.807) is 61.2 Å². The van der Waals surface area contributed by atoms with Crippen molar-refractivity contribution in [2.45, 2.75) is 70.4 Å². The number of aromatic nitrogens is 3. The zero-order chi connectivity index (χ0) is 27.7. The number of ether oxygens (including phenoxy) is 1. The smallest absolute Gasteiger partial charge is 0.330 e. The molecule has 1 aliphatic rings. The molecule has 3 aromatic rings. The van der Waals surface area contributed by atoms with Gasteiger partial charge in [-0.25, -0.2) is 4.79 Å². The van der Waals surface area contributed by atoms with Crippen LogP contribution in [0.3, 0.4) is 0 Å². The number of rotatable bonds is 7. The zero-order valence-electron chi connectivity index (χ0n) is 22.9. The number of carbonyl (C=O) groups excluding carboxylic acids is 1. The number of carbonyl (C=O) groups is 2. The van der Waals surface area contributed by atoms with E-state index in [1.807, 2.05) is 26.0 Å². The molecular weight excluding hydrogens is 480 g/mol. The van der Waals surface area contributed by atoms with Crippen LogP contribution in [0.5, 0.6) is 5.75 Å². The summed E-state index contributed by atoms with van der Waals surface area (Å²) in [5, 5.41) is 10.9. The lowest BCUT2D eigenvalue weighted by Crippen LogP contribution is -2.57. The Kier molecular flexibility index (Phi) is 7.54. The van der Waals surface area contributed by atoms with E-state index in [1.165, 1.54) is 0 Å². The first kappa shape index (κ1) is 27.2. The predicted octanol–water partition coefficient (Wildman–Crippen LogP) is 5.42. The molecule has 0 aliphatic carbocycles. The summed E-state index contributed by atoms with van der Waals surface area (Å²) in [6, 6.07) is 8.56. The van der Waals surface area contributed by atoms with Gasteiger partial charge in [-0.2, -0.15) is 0 Å². The summed E-state index contributed by atoms with van der Waals surface area (Å²) in [5.74, 6) is -1.41. The lowest BCUT2D eigenvalue weighted by molar-refractivity contribution is -0.151. The van der Waals surface area contributed by atoms with Crippen LogP contribution in [-0.2, 0) is 10.2 Å². The van der Waals surface area contributed by atoms with Crippen LogP contribution in [0.1, 0.15) is 86.6 Å². The fourth-order valence-electron chi connectivity index (χ4n) is 5.79. The Morgan fingerprint density at radius 3 is 2.42 bits per heavy atom. The van der Waals surface area contributed by atoms with Crippen molar-refractivity contribution >= 4 is 11.9 Å². The van der Waals surface area contributed by atoms with Crippen LogP contribution >= 0.6 is 0 Å². The maximum Gasteiger partial charge on any atom is 0.330 e. The van der Waals surface area contributed by atoms with E-state index in [0.717, 1.165) is 11.1 Å². The van der Waals surface area contributed by atoms with E-state index in [2.05, 4.69) is 35.7 Å². The van der Waals surface area contributed by atoms with Gasteiger partial charge in [0.1, 0.15) is 11.3 Å². The van der Waals surface area contributed by atoms with Gasteiger partial charge in [0.2, 0.25) is 0 Å². The second-order valence-electron chi connectivity index (χ2n) is 11.4. The zero-order valence-corrected chi connectivity index (χ0v) is 22.9. The number of likely N-dealkylation sites (tertiary alicyclic amines) is 1. The number of pyridine rings is 1. The average Bonchev–Trinajstić information content (AvgIpc) is 3.23. The number of benzene rings is 1. The summed E-state index contributed by atoms with van der Waals surface area (Å²) in [5.41, 5.74) is 0.930. The average molecular weight is 517 g/mol. The molecule has 38 heavy (non-hydrogen) atoms. The highest BCUT2D eigenvalue weighted by atomic mass is 16.5. The van der Waals surface area contributed by atoms with E-state index in [-0.39, 0.29) is 23.7 Å². The maximum absolute atomic E-state index is 14.5. The van der Waals surface area contributed by atoms with Crippen LogP contribution in [0, 0.1) is 5.92 Å². The van der Waals surface area contributed by atoms with Crippen molar-refractivity contribution in [3.8, 4) is 5.75 Å². The molecule has 2 aromatic heterocycles. The third-order valence-electron chi connectivity index (χ3n) is 7.35. The number of methoxy groups -OCH3 is 1. The summed E-state index contributed by atoms with van der Waals surface area (Å²) in [6.07, 6.45) is 8.74.